The molecule has 1 rings (SSSR count). The van der Waals surface area contributed by atoms with Gasteiger partial charge in [0.05, 0.1) is 6.61 Å². The molecule has 0 N–H and O–H groups in total. The fourth-order valence-electron chi connectivity index (χ4n) is 2.11. The third-order valence-electron chi connectivity index (χ3n) is 3.86. The van der Waals surface area contributed by atoms with Gasteiger partial charge in [0, 0.05) is 20.2 Å². The number of likely N-dealkylation sites (N-methyl/N-ethyl adjacent to an activating group) is 1. The molecule has 0 spiro atoms. The smallest absolute Gasteiger partial charge is 0.165 e. The normalized spacial score (nSPS) is 12.7. The molecule has 1 aromatic rings. The van der Waals surface area contributed by atoms with Crippen LogP contribution in [0, 0.1) is 5.82 Å². The monoisotopic (exact) mass is 297 g/mol. The summed E-state index contributed by atoms with van der Waals surface area (Å²) >= 11 is 0. The largest absolute Gasteiger partial charge is 0.489 e. The van der Waals surface area contributed by atoms with Gasteiger partial charge in [-0.2, -0.15) is 0 Å². The van der Waals surface area contributed by atoms with E-state index in [2.05, 4.69) is 25.7 Å². The third-order valence-corrected chi connectivity index (χ3v) is 3.86. The van der Waals surface area contributed by atoms with Crippen molar-refractivity contribution in [2.24, 2.45) is 0 Å². The first-order valence-electron chi connectivity index (χ1n) is 7.75. The van der Waals surface area contributed by atoms with Crippen LogP contribution >= 0.6 is 0 Å². The Bertz CT molecular complexity index is 412. The molecule has 0 bridgehead atoms. The molecule has 0 radical (unpaired) electrons. The fourth-order valence-corrected chi connectivity index (χ4v) is 2.11. The van der Waals surface area contributed by atoms with Crippen LogP contribution in [0.25, 0.3) is 0 Å². The summed E-state index contributed by atoms with van der Waals surface area (Å²) in [6, 6.07) is 5.28. The molecule has 0 aliphatic rings. The van der Waals surface area contributed by atoms with Crippen molar-refractivity contribution in [1.29, 1.82) is 0 Å². The average molecular weight is 297 g/mol. The van der Waals surface area contributed by atoms with Crippen molar-refractivity contribution < 1.29 is 13.9 Å². The molecule has 0 heterocycles. The van der Waals surface area contributed by atoms with Gasteiger partial charge in [0.15, 0.2) is 11.6 Å². The van der Waals surface area contributed by atoms with Gasteiger partial charge in [-0.05, 0) is 36.6 Å². The lowest BCUT2D eigenvalue weighted by molar-refractivity contribution is 0.137. The summed E-state index contributed by atoms with van der Waals surface area (Å²) in [6.45, 7) is 10.1. The van der Waals surface area contributed by atoms with Crippen LogP contribution in [0.4, 0.5) is 4.39 Å². The summed E-state index contributed by atoms with van der Waals surface area (Å²) in [4.78, 5) is 2.22. The minimum Gasteiger partial charge on any atom is -0.489 e. The van der Waals surface area contributed by atoms with Gasteiger partial charge in [0.1, 0.15) is 6.61 Å². The van der Waals surface area contributed by atoms with E-state index in [0.29, 0.717) is 24.9 Å². The summed E-state index contributed by atoms with van der Waals surface area (Å²) < 4.78 is 24.6. The number of benzene rings is 1. The highest BCUT2D eigenvalue weighted by Gasteiger charge is 2.09. The van der Waals surface area contributed by atoms with Gasteiger partial charge in [-0.3, -0.25) is 4.90 Å². The molecule has 3 nitrogen and oxygen atoms in total. The van der Waals surface area contributed by atoms with Crippen LogP contribution in [-0.2, 0) is 4.74 Å². The van der Waals surface area contributed by atoms with E-state index >= 15 is 0 Å². The van der Waals surface area contributed by atoms with Gasteiger partial charge in [0.2, 0.25) is 0 Å². The van der Waals surface area contributed by atoms with E-state index in [-0.39, 0.29) is 5.82 Å². The third kappa shape index (κ3) is 6.02. The van der Waals surface area contributed by atoms with Gasteiger partial charge in [0.25, 0.3) is 0 Å². The fraction of sp³-hybridized carbons (Fsp3) is 0.647. The maximum absolute atomic E-state index is 14.0. The number of hydrogen-bond acceptors (Lipinski definition) is 3. The summed E-state index contributed by atoms with van der Waals surface area (Å²) in [5.41, 5.74) is 1.03. The number of halogens is 1. The zero-order chi connectivity index (χ0) is 15.7. The van der Waals surface area contributed by atoms with E-state index in [0.717, 1.165) is 31.6 Å². The zero-order valence-corrected chi connectivity index (χ0v) is 13.7. The van der Waals surface area contributed by atoms with Crippen molar-refractivity contribution in [1.82, 2.24) is 4.90 Å². The second-order valence-electron chi connectivity index (χ2n) is 5.27. The van der Waals surface area contributed by atoms with Gasteiger partial charge in [-0.1, -0.05) is 26.8 Å². The molecule has 0 amide bonds. The first kappa shape index (κ1) is 17.9. The van der Waals surface area contributed by atoms with Gasteiger partial charge < -0.3 is 9.47 Å². The van der Waals surface area contributed by atoms with E-state index in [1.54, 1.807) is 19.2 Å². The maximum atomic E-state index is 14.0. The molecule has 0 saturated carbocycles. The molecule has 1 unspecified atom stereocenters. The Morgan fingerprint density at radius 1 is 1.19 bits per heavy atom. The highest BCUT2D eigenvalue weighted by atomic mass is 19.1. The van der Waals surface area contributed by atoms with Crippen LogP contribution in [0.3, 0.4) is 0 Å². The Labute approximate surface area is 128 Å². The molecule has 0 saturated heterocycles. The highest BCUT2D eigenvalue weighted by Crippen LogP contribution is 2.24. The molecule has 0 aromatic heterocycles. The Morgan fingerprint density at radius 3 is 2.48 bits per heavy atom. The Hall–Kier alpha value is -1.13. The van der Waals surface area contributed by atoms with E-state index in [9.17, 15) is 4.39 Å². The lowest BCUT2D eigenvalue weighted by Gasteiger charge is -2.20. The predicted molar refractivity (Wildman–Crippen MR) is 84.6 cm³/mol. The minimum absolute atomic E-state index is 0.271. The van der Waals surface area contributed by atoms with Crippen molar-refractivity contribution in [3.05, 3.63) is 29.6 Å². The first-order chi connectivity index (χ1) is 10.1. The molecular weight excluding hydrogens is 269 g/mol. The number of methoxy groups -OCH3 is 1. The van der Waals surface area contributed by atoms with Crippen molar-refractivity contribution in [2.75, 3.05) is 40.0 Å². The molecule has 1 aromatic carbocycles. The van der Waals surface area contributed by atoms with Gasteiger partial charge in [-0.25, -0.2) is 4.39 Å². The van der Waals surface area contributed by atoms with E-state index in [1.165, 1.54) is 0 Å². The SMILES string of the molecule is CCC(C)c1ccc(OCCN(CC)CCOC)c(F)c1. The van der Waals surface area contributed by atoms with Crippen LogP contribution in [-0.4, -0.2) is 44.9 Å². The van der Waals surface area contributed by atoms with Crippen molar-refractivity contribution in [3.8, 4) is 5.75 Å². The van der Waals surface area contributed by atoms with Crippen LogP contribution < -0.4 is 4.74 Å². The number of hydrogen-bond donors (Lipinski definition) is 0. The Morgan fingerprint density at radius 2 is 1.90 bits per heavy atom. The second-order valence-corrected chi connectivity index (χ2v) is 5.27. The lowest BCUT2D eigenvalue weighted by atomic mass is 9.98. The topological polar surface area (TPSA) is 21.7 Å². The molecule has 1 atom stereocenters. The van der Waals surface area contributed by atoms with Gasteiger partial charge >= 0.3 is 0 Å². The summed E-state index contributed by atoms with van der Waals surface area (Å²) in [5, 5.41) is 0. The van der Waals surface area contributed by atoms with Crippen LogP contribution in [0.15, 0.2) is 18.2 Å². The van der Waals surface area contributed by atoms with Crippen molar-refractivity contribution >= 4 is 0 Å². The first-order valence-corrected chi connectivity index (χ1v) is 7.75. The molecule has 0 aliphatic carbocycles. The predicted octanol–water partition coefficient (Wildman–Crippen LogP) is 3.69. The molecule has 120 valence electrons. The standard InChI is InChI=1S/C17H28FNO2/c1-5-14(3)15-7-8-17(16(18)13-15)21-12-10-19(6-2)9-11-20-4/h7-8,13-14H,5-6,9-12H2,1-4H3. The number of ether oxygens (including phenoxy) is 2. The summed E-state index contributed by atoms with van der Waals surface area (Å²) in [5.74, 6) is 0.441. The quantitative estimate of drug-likeness (QED) is 0.657. The van der Waals surface area contributed by atoms with Crippen LogP contribution in [0.1, 0.15) is 38.7 Å². The minimum atomic E-state index is -0.271. The summed E-state index contributed by atoms with van der Waals surface area (Å²) in [7, 11) is 1.69. The highest BCUT2D eigenvalue weighted by molar-refractivity contribution is 5.31. The second kappa shape index (κ2) is 9.74. The number of nitrogens with zero attached hydrogens (tertiary/aromatic N) is 1. The molecular formula is C17H28FNO2. The molecule has 0 fully saturated rings. The molecule has 21 heavy (non-hydrogen) atoms. The Kier molecular flexibility index (Phi) is 8.31. The van der Waals surface area contributed by atoms with Crippen LogP contribution in [0.2, 0.25) is 0 Å². The van der Waals surface area contributed by atoms with Crippen molar-refractivity contribution in [3.63, 3.8) is 0 Å². The Balaban J connectivity index is 2.48. The van der Waals surface area contributed by atoms with Gasteiger partial charge in [-0.15, -0.1) is 0 Å². The summed E-state index contributed by atoms with van der Waals surface area (Å²) in [6.07, 6.45) is 1.00. The molecule has 0 aliphatic heterocycles. The van der Waals surface area contributed by atoms with Crippen molar-refractivity contribution in [2.45, 2.75) is 33.1 Å². The van der Waals surface area contributed by atoms with Crippen LogP contribution in [0.5, 0.6) is 5.75 Å². The number of rotatable bonds is 10. The lowest BCUT2D eigenvalue weighted by Crippen LogP contribution is -2.31. The zero-order valence-electron chi connectivity index (χ0n) is 13.7. The van der Waals surface area contributed by atoms with E-state index in [1.807, 2.05) is 6.07 Å². The average Bonchev–Trinajstić information content (AvgIpc) is 2.51. The maximum Gasteiger partial charge on any atom is 0.165 e. The van der Waals surface area contributed by atoms with E-state index < -0.39 is 0 Å². The molecule has 4 heteroatoms. The van der Waals surface area contributed by atoms with E-state index in [4.69, 9.17) is 9.47 Å².